The number of carbonyl (C=O) groups excluding carboxylic acids is 3. The Bertz CT molecular complexity index is 1850. The fourth-order valence-electron chi connectivity index (χ4n) is 6.20. The van der Waals surface area contributed by atoms with Gasteiger partial charge in [0, 0.05) is 18.2 Å². The molecule has 0 N–H and O–H groups in total. The van der Waals surface area contributed by atoms with E-state index in [9.17, 15) is 31.9 Å². The topological polar surface area (TPSA) is 114 Å². The molecule has 0 saturated carbocycles. The van der Waals surface area contributed by atoms with Gasteiger partial charge in [0.25, 0.3) is 11.9 Å². The molecule has 0 saturated heterocycles. The number of fused-ring (bicyclic) bond motifs is 1. The minimum absolute atomic E-state index is 0.0273. The maximum Gasteiger partial charge on any atom is 0.416 e. The summed E-state index contributed by atoms with van der Waals surface area (Å²) in [5, 5.41) is 12.9. The fourth-order valence-corrected chi connectivity index (χ4v) is 6.20. The third-order valence-corrected chi connectivity index (χ3v) is 8.58. The van der Waals surface area contributed by atoms with Crippen LogP contribution in [-0.4, -0.2) is 62.2 Å². The van der Waals surface area contributed by atoms with Crippen LogP contribution in [0.2, 0.25) is 0 Å². The summed E-state index contributed by atoms with van der Waals surface area (Å²) in [4.78, 5) is 43.6. The molecule has 3 aromatic carbocycles. The molecule has 1 aliphatic heterocycles. The lowest BCUT2D eigenvalue weighted by Crippen LogP contribution is -2.48. The van der Waals surface area contributed by atoms with E-state index in [-0.39, 0.29) is 48.9 Å². The van der Waals surface area contributed by atoms with Crippen molar-refractivity contribution < 1.29 is 36.7 Å². The van der Waals surface area contributed by atoms with E-state index in [0.717, 1.165) is 22.6 Å². The van der Waals surface area contributed by atoms with Crippen LogP contribution < -0.4 is 9.80 Å². The molecule has 270 valence electrons. The van der Waals surface area contributed by atoms with Crippen LogP contribution in [0.4, 0.5) is 34.0 Å². The Labute approximate surface area is 292 Å². The molecule has 0 radical (unpaired) electrons. The molecule has 0 bridgehead atoms. The molecule has 2 atom stereocenters. The third-order valence-electron chi connectivity index (χ3n) is 8.58. The number of amides is 3. The zero-order valence-corrected chi connectivity index (χ0v) is 28.7. The number of carbonyl (C=O) groups is 3. The molecule has 0 unspecified atom stereocenters. The van der Waals surface area contributed by atoms with Crippen LogP contribution >= 0.6 is 0 Å². The van der Waals surface area contributed by atoms with Gasteiger partial charge in [-0.05, 0) is 85.8 Å². The van der Waals surface area contributed by atoms with Crippen molar-refractivity contribution in [2.75, 3.05) is 16.3 Å². The maximum absolute atomic E-state index is 13.9. The molecule has 5 rings (SSSR count). The van der Waals surface area contributed by atoms with Crippen molar-refractivity contribution in [2.24, 2.45) is 0 Å². The van der Waals surface area contributed by atoms with Crippen LogP contribution in [0.1, 0.15) is 77.8 Å². The van der Waals surface area contributed by atoms with Gasteiger partial charge in [-0.25, -0.2) is 9.18 Å². The van der Waals surface area contributed by atoms with E-state index in [1.54, 1.807) is 54.0 Å². The quantitative estimate of drug-likeness (QED) is 0.114. The van der Waals surface area contributed by atoms with E-state index in [4.69, 9.17) is 4.74 Å². The molecule has 3 amide bonds. The zero-order valence-electron chi connectivity index (χ0n) is 28.7. The Kier molecular flexibility index (Phi) is 11.4. The van der Waals surface area contributed by atoms with Crippen molar-refractivity contribution in [3.63, 3.8) is 0 Å². The maximum atomic E-state index is 13.9. The highest BCUT2D eigenvalue weighted by molar-refractivity contribution is 5.99. The number of benzene rings is 3. The molecule has 2 heterocycles. The van der Waals surface area contributed by atoms with Gasteiger partial charge >= 0.3 is 12.3 Å². The lowest BCUT2D eigenvalue weighted by molar-refractivity contribution is -0.137. The Morgan fingerprint density at radius 1 is 1.06 bits per heavy atom. The third kappa shape index (κ3) is 8.52. The average Bonchev–Trinajstić information content (AvgIpc) is 3.58. The van der Waals surface area contributed by atoms with Crippen LogP contribution in [0.25, 0.3) is 0 Å². The smallest absolute Gasteiger partial charge is 0.416 e. The van der Waals surface area contributed by atoms with Crippen molar-refractivity contribution >= 4 is 30.0 Å². The lowest BCUT2D eigenvalue weighted by atomic mass is 9.87. The van der Waals surface area contributed by atoms with Gasteiger partial charge in [-0.2, -0.15) is 18.0 Å². The summed E-state index contributed by atoms with van der Waals surface area (Å²) in [6.45, 7) is 5.93. The minimum Gasteiger partial charge on any atom is -0.446 e. The molecular formula is C36H39F4N7O4. The largest absolute Gasteiger partial charge is 0.446 e. The number of imide groups is 1. The number of hydrogen-bond donors (Lipinski definition) is 0. The standard InChI is InChI=1S/C36H39F4N7O4/c1-5-29-19-32(30-15-24(4)11-12-31(30)47(29)35(50)51-23(2)3)45(21-26-16-25(20-37)17-28(18-26)36(38,39)40)34-41-43-46(42-34)14-13-44(22-48)33(49)27-9-7-6-8-10-27/h6-12,15-18,22-23,29,32H,5,13-14,19-21H2,1-4H3/t29-,32+/m1/s1. The lowest BCUT2D eigenvalue weighted by Gasteiger charge is -2.44. The molecule has 1 aliphatic rings. The first-order valence-electron chi connectivity index (χ1n) is 16.5. The van der Waals surface area contributed by atoms with E-state index in [1.807, 2.05) is 32.0 Å². The highest BCUT2D eigenvalue weighted by atomic mass is 19.4. The van der Waals surface area contributed by atoms with Gasteiger partial charge in [0.15, 0.2) is 0 Å². The summed E-state index contributed by atoms with van der Waals surface area (Å²) in [6, 6.07) is 16.0. The SMILES string of the molecule is CC[C@@H]1C[C@H](N(Cc2cc(CF)cc(C(F)(F)F)c2)c2nnn(CCN(C=O)C(=O)c3ccccc3)n2)c2cc(C)ccc2N1C(=O)OC(C)C. The van der Waals surface area contributed by atoms with E-state index >= 15 is 0 Å². The first-order chi connectivity index (χ1) is 24.3. The number of halogens is 4. The molecule has 11 nitrogen and oxygen atoms in total. The molecule has 51 heavy (non-hydrogen) atoms. The van der Waals surface area contributed by atoms with Crippen LogP contribution in [0.15, 0.2) is 66.7 Å². The Hall–Kier alpha value is -5.34. The van der Waals surface area contributed by atoms with Gasteiger partial charge in [-0.3, -0.25) is 19.4 Å². The van der Waals surface area contributed by atoms with E-state index in [0.29, 0.717) is 36.1 Å². The van der Waals surface area contributed by atoms with Gasteiger partial charge in [-0.1, -0.05) is 54.0 Å². The first kappa shape index (κ1) is 36.9. The number of tetrazole rings is 1. The highest BCUT2D eigenvalue weighted by Gasteiger charge is 2.40. The monoisotopic (exact) mass is 709 g/mol. The highest BCUT2D eigenvalue weighted by Crippen LogP contribution is 2.44. The number of aryl methyl sites for hydroxylation is 1. The number of hydrogen-bond acceptors (Lipinski definition) is 8. The summed E-state index contributed by atoms with van der Waals surface area (Å²) >= 11 is 0. The second kappa shape index (κ2) is 15.7. The molecule has 15 heteroatoms. The summed E-state index contributed by atoms with van der Waals surface area (Å²) in [7, 11) is 0. The Morgan fingerprint density at radius 3 is 2.43 bits per heavy atom. The number of rotatable bonds is 12. The molecular weight excluding hydrogens is 670 g/mol. The minimum atomic E-state index is -4.72. The van der Waals surface area contributed by atoms with Gasteiger partial charge in [0.2, 0.25) is 6.41 Å². The number of alkyl halides is 4. The van der Waals surface area contributed by atoms with Crippen molar-refractivity contribution in [2.45, 2.75) is 84.7 Å². The van der Waals surface area contributed by atoms with Crippen molar-refractivity contribution in [1.82, 2.24) is 25.1 Å². The van der Waals surface area contributed by atoms with Crippen LogP contribution in [0.3, 0.4) is 0 Å². The first-order valence-corrected chi connectivity index (χ1v) is 16.5. The molecule has 0 fully saturated rings. The summed E-state index contributed by atoms with van der Waals surface area (Å²) < 4.78 is 61.2. The van der Waals surface area contributed by atoms with Gasteiger partial charge in [0.05, 0.1) is 36.5 Å². The van der Waals surface area contributed by atoms with Crippen LogP contribution in [0.5, 0.6) is 0 Å². The van der Waals surface area contributed by atoms with Gasteiger partial charge in [-0.15, -0.1) is 5.10 Å². The predicted molar refractivity (Wildman–Crippen MR) is 181 cm³/mol. The molecule has 0 spiro atoms. The average molecular weight is 710 g/mol. The van der Waals surface area contributed by atoms with Crippen LogP contribution in [-0.2, 0) is 35.5 Å². The molecule has 1 aromatic heterocycles. The van der Waals surface area contributed by atoms with E-state index < -0.39 is 36.5 Å². The predicted octanol–water partition coefficient (Wildman–Crippen LogP) is 7.05. The second-order valence-corrected chi connectivity index (χ2v) is 12.6. The fraction of sp³-hybridized carbons (Fsp3) is 0.389. The summed E-state index contributed by atoms with van der Waals surface area (Å²) in [5.41, 5.74) is 1.49. The van der Waals surface area contributed by atoms with Crippen molar-refractivity contribution in [1.29, 1.82) is 0 Å². The van der Waals surface area contributed by atoms with Crippen LogP contribution in [0, 0.1) is 6.92 Å². The van der Waals surface area contributed by atoms with E-state index in [2.05, 4.69) is 15.4 Å². The Balaban J connectivity index is 1.55. The van der Waals surface area contributed by atoms with Crippen molar-refractivity contribution in [3.05, 3.63) is 100 Å². The summed E-state index contributed by atoms with van der Waals surface area (Å²) in [6.07, 6.45) is -4.34. The normalized spacial score (nSPS) is 15.7. The van der Waals surface area contributed by atoms with Crippen molar-refractivity contribution in [3.8, 4) is 0 Å². The number of nitrogens with zero attached hydrogens (tertiary/aromatic N) is 7. The number of anilines is 2. The number of ether oxygens (including phenoxy) is 1. The summed E-state index contributed by atoms with van der Waals surface area (Å²) in [5.74, 6) is -0.465. The Morgan fingerprint density at radius 2 is 1.78 bits per heavy atom. The molecule has 0 aliphatic carbocycles. The van der Waals surface area contributed by atoms with E-state index in [1.165, 1.54) is 10.9 Å². The zero-order chi connectivity index (χ0) is 36.9. The van der Waals surface area contributed by atoms with Gasteiger partial charge in [0.1, 0.15) is 6.67 Å². The van der Waals surface area contributed by atoms with Gasteiger partial charge < -0.3 is 9.64 Å². The molecule has 4 aromatic rings. The second-order valence-electron chi connectivity index (χ2n) is 12.6. The number of aromatic nitrogens is 4.